The molecule has 1 fully saturated rings. The molecule has 0 aromatic heterocycles. The van der Waals surface area contributed by atoms with Gasteiger partial charge in [-0.05, 0) is 69.8 Å². The summed E-state index contributed by atoms with van der Waals surface area (Å²) >= 11 is 0. The first-order valence-electron chi connectivity index (χ1n) is 8.16. The van der Waals surface area contributed by atoms with Gasteiger partial charge < -0.3 is 21.7 Å². The van der Waals surface area contributed by atoms with Gasteiger partial charge in [-0.25, -0.2) is 9.18 Å². The van der Waals surface area contributed by atoms with Gasteiger partial charge in [0.15, 0.2) is 0 Å². The number of amides is 2. The number of piperidine rings is 1. The first-order chi connectivity index (χ1) is 10.8. The number of carbonyl (C=O) groups excluding carboxylic acids is 1. The van der Waals surface area contributed by atoms with Crippen LogP contribution in [0.5, 0.6) is 0 Å². The van der Waals surface area contributed by atoms with Gasteiger partial charge in [0.25, 0.3) is 0 Å². The highest BCUT2D eigenvalue weighted by Gasteiger charge is 2.16. The Morgan fingerprint density at radius 1 is 1.39 bits per heavy atom. The van der Waals surface area contributed by atoms with Crippen LogP contribution in [0.25, 0.3) is 0 Å². The van der Waals surface area contributed by atoms with E-state index in [9.17, 15) is 9.18 Å². The molecule has 0 spiro atoms. The van der Waals surface area contributed by atoms with E-state index < -0.39 is 17.4 Å². The van der Waals surface area contributed by atoms with E-state index in [2.05, 4.69) is 16.0 Å². The summed E-state index contributed by atoms with van der Waals surface area (Å²) in [5.41, 5.74) is 6.45. The third-order valence-electron chi connectivity index (χ3n) is 3.97. The number of nitrogens with one attached hydrogen (secondary N) is 3. The van der Waals surface area contributed by atoms with E-state index in [1.54, 1.807) is 6.07 Å². The van der Waals surface area contributed by atoms with E-state index in [1.807, 2.05) is 19.9 Å². The SMILES string of the molecule is CC(C)(N)CNC(=O)Nc1ccc(CC2CCNCC2)cc1F. The molecule has 128 valence electrons. The van der Waals surface area contributed by atoms with Gasteiger partial charge in [0, 0.05) is 12.1 Å². The Bertz CT molecular complexity index is 536. The van der Waals surface area contributed by atoms with Gasteiger partial charge in [0.1, 0.15) is 5.82 Å². The average Bonchev–Trinajstić information content (AvgIpc) is 2.48. The summed E-state index contributed by atoms with van der Waals surface area (Å²) in [6.07, 6.45) is 3.13. The molecule has 0 unspecified atom stereocenters. The van der Waals surface area contributed by atoms with Crippen LogP contribution in [-0.2, 0) is 6.42 Å². The lowest BCUT2D eigenvalue weighted by molar-refractivity contribution is 0.249. The maximum absolute atomic E-state index is 14.2. The fourth-order valence-corrected chi connectivity index (χ4v) is 2.68. The number of hydrogen-bond acceptors (Lipinski definition) is 3. The standard InChI is InChI=1S/C17H27FN4O/c1-17(2,19)11-21-16(23)22-15-4-3-13(10-14(15)18)9-12-5-7-20-8-6-12/h3-4,10,12,20H,5-9,11,19H2,1-2H3,(H2,21,22,23). The molecule has 5 N–H and O–H groups in total. The second-order valence-corrected chi connectivity index (χ2v) is 7.01. The van der Waals surface area contributed by atoms with Crippen LogP contribution in [0.2, 0.25) is 0 Å². The molecule has 1 saturated heterocycles. The van der Waals surface area contributed by atoms with Crippen molar-refractivity contribution in [2.75, 3.05) is 25.0 Å². The topological polar surface area (TPSA) is 79.2 Å². The summed E-state index contributed by atoms with van der Waals surface area (Å²) in [6, 6.07) is 4.57. The zero-order chi connectivity index (χ0) is 16.9. The van der Waals surface area contributed by atoms with E-state index in [-0.39, 0.29) is 5.69 Å². The van der Waals surface area contributed by atoms with E-state index in [0.717, 1.165) is 37.9 Å². The minimum Gasteiger partial charge on any atom is -0.336 e. The van der Waals surface area contributed by atoms with Crippen molar-refractivity contribution < 1.29 is 9.18 Å². The van der Waals surface area contributed by atoms with Gasteiger partial charge in [0.2, 0.25) is 0 Å². The van der Waals surface area contributed by atoms with Crippen LogP contribution in [-0.4, -0.2) is 31.2 Å². The van der Waals surface area contributed by atoms with Crippen molar-refractivity contribution in [2.24, 2.45) is 11.7 Å². The molecule has 1 aliphatic rings. The summed E-state index contributed by atoms with van der Waals surface area (Å²) in [5.74, 6) is 0.197. The minimum atomic E-state index is -0.505. The van der Waals surface area contributed by atoms with E-state index in [0.29, 0.717) is 12.5 Å². The zero-order valence-electron chi connectivity index (χ0n) is 13.9. The van der Waals surface area contributed by atoms with Crippen LogP contribution in [0, 0.1) is 11.7 Å². The van der Waals surface area contributed by atoms with Gasteiger partial charge in [-0.2, -0.15) is 0 Å². The van der Waals surface area contributed by atoms with Gasteiger partial charge in [-0.1, -0.05) is 6.07 Å². The Labute approximate surface area is 137 Å². The second kappa shape index (κ2) is 7.75. The molecule has 2 rings (SSSR count). The maximum Gasteiger partial charge on any atom is 0.319 e. The number of carbonyl (C=O) groups is 1. The first-order valence-corrected chi connectivity index (χ1v) is 8.16. The van der Waals surface area contributed by atoms with Gasteiger partial charge >= 0.3 is 6.03 Å². The minimum absolute atomic E-state index is 0.186. The number of benzene rings is 1. The van der Waals surface area contributed by atoms with Gasteiger partial charge in [0.05, 0.1) is 5.69 Å². The first kappa shape index (κ1) is 17.7. The predicted octanol–water partition coefficient (Wildman–Crippen LogP) is 2.23. The highest BCUT2D eigenvalue weighted by Crippen LogP contribution is 2.21. The molecule has 1 aromatic carbocycles. The van der Waals surface area contributed by atoms with Crippen LogP contribution >= 0.6 is 0 Å². The molecule has 23 heavy (non-hydrogen) atoms. The molecule has 0 saturated carbocycles. The largest absolute Gasteiger partial charge is 0.336 e. The molecule has 1 aromatic rings. The van der Waals surface area contributed by atoms with Crippen LogP contribution < -0.4 is 21.7 Å². The number of halogens is 1. The van der Waals surface area contributed by atoms with Crippen LogP contribution in [0.15, 0.2) is 18.2 Å². The molecule has 6 heteroatoms. The molecule has 1 aliphatic heterocycles. The quantitative estimate of drug-likeness (QED) is 0.671. The van der Waals surface area contributed by atoms with Gasteiger partial charge in [-0.3, -0.25) is 0 Å². The monoisotopic (exact) mass is 322 g/mol. The van der Waals surface area contributed by atoms with Crippen molar-refractivity contribution in [2.45, 2.75) is 38.6 Å². The van der Waals surface area contributed by atoms with Crippen molar-refractivity contribution in [1.82, 2.24) is 10.6 Å². The van der Waals surface area contributed by atoms with Crippen molar-refractivity contribution in [3.63, 3.8) is 0 Å². The third-order valence-corrected chi connectivity index (χ3v) is 3.97. The van der Waals surface area contributed by atoms with E-state index >= 15 is 0 Å². The lowest BCUT2D eigenvalue weighted by Gasteiger charge is -2.22. The smallest absolute Gasteiger partial charge is 0.319 e. The van der Waals surface area contributed by atoms with E-state index in [4.69, 9.17) is 5.73 Å². The lowest BCUT2D eigenvalue weighted by Crippen LogP contribution is -2.46. The molecule has 1 heterocycles. The highest BCUT2D eigenvalue weighted by atomic mass is 19.1. The normalized spacial score (nSPS) is 16.2. The molecule has 0 bridgehead atoms. The molecular weight excluding hydrogens is 295 g/mol. The average molecular weight is 322 g/mol. The second-order valence-electron chi connectivity index (χ2n) is 7.01. The molecule has 0 radical (unpaired) electrons. The molecule has 0 atom stereocenters. The Kier molecular flexibility index (Phi) is 5.96. The number of rotatable bonds is 5. The van der Waals surface area contributed by atoms with Crippen LogP contribution in [0.3, 0.4) is 0 Å². The molecular formula is C17H27FN4O. The van der Waals surface area contributed by atoms with Crippen molar-refractivity contribution in [1.29, 1.82) is 0 Å². The molecule has 2 amide bonds. The maximum atomic E-state index is 14.2. The van der Waals surface area contributed by atoms with Crippen molar-refractivity contribution in [3.05, 3.63) is 29.6 Å². The summed E-state index contributed by atoms with van der Waals surface area (Å²) < 4.78 is 14.2. The summed E-state index contributed by atoms with van der Waals surface area (Å²) in [6.45, 7) is 6.00. The van der Waals surface area contributed by atoms with Crippen molar-refractivity contribution in [3.8, 4) is 0 Å². The Morgan fingerprint density at radius 3 is 2.70 bits per heavy atom. The number of hydrogen-bond donors (Lipinski definition) is 4. The van der Waals surface area contributed by atoms with Crippen LogP contribution in [0.1, 0.15) is 32.3 Å². The number of anilines is 1. The van der Waals surface area contributed by atoms with Crippen LogP contribution in [0.4, 0.5) is 14.9 Å². The third kappa shape index (κ3) is 6.15. The fraction of sp³-hybridized carbons (Fsp3) is 0.588. The molecule has 0 aliphatic carbocycles. The lowest BCUT2D eigenvalue weighted by atomic mass is 9.91. The number of nitrogens with two attached hydrogens (primary N) is 1. The molecule has 5 nitrogen and oxygen atoms in total. The summed E-state index contributed by atoms with van der Waals surface area (Å²) in [7, 11) is 0. The van der Waals surface area contributed by atoms with E-state index in [1.165, 1.54) is 6.07 Å². The Balaban J connectivity index is 1.89. The fourth-order valence-electron chi connectivity index (χ4n) is 2.68. The summed E-state index contributed by atoms with van der Waals surface area (Å²) in [5, 5.41) is 8.48. The van der Waals surface area contributed by atoms with Gasteiger partial charge in [-0.15, -0.1) is 0 Å². The van der Waals surface area contributed by atoms with Crippen molar-refractivity contribution >= 4 is 11.7 Å². The number of urea groups is 1. The Hall–Kier alpha value is -1.66. The predicted molar refractivity (Wildman–Crippen MR) is 91.0 cm³/mol. The summed E-state index contributed by atoms with van der Waals surface area (Å²) in [4.78, 5) is 11.8. The Morgan fingerprint density at radius 2 is 2.09 bits per heavy atom. The zero-order valence-corrected chi connectivity index (χ0v) is 13.9. The highest BCUT2D eigenvalue weighted by molar-refractivity contribution is 5.89.